The van der Waals surface area contributed by atoms with Crippen molar-refractivity contribution in [1.82, 2.24) is 4.90 Å². The minimum Gasteiger partial charge on any atom is -0.377 e. The molecule has 25 heavy (non-hydrogen) atoms. The second-order valence-electron chi connectivity index (χ2n) is 6.64. The van der Waals surface area contributed by atoms with Gasteiger partial charge in [-0.05, 0) is 43.0 Å². The van der Waals surface area contributed by atoms with Crippen LogP contribution in [0.25, 0.3) is 0 Å². The molecule has 0 aliphatic carbocycles. The number of aryl methyl sites for hydroxylation is 1. The second kappa shape index (κ2) is 7.51. The SMILES string of the molecule is CN(C)c1ccccc1CCCCCN1C(=O)c2ccccc2C1=O. The summed E-state index contributed by atoms with van der Waals surface area (Å²) in [6.07, 6.45) is 3.90. The number of benzene rings is 2. The summed E-state index contributed by atoms with van der Waals surface area (Å²) >= 11 is 0. The van der Waals surface area contributed by atoms with Crippen LogP contribution in [0.4, 0.5) is 5.69 Å². The summed E-state index contributed by atoms with van der Waals surface area (Å²) in [5.41, 5.74) is 3.66. The van der Waals surface area contributed by atoms with Crippen LogP contribution in [0.1, 0.15) is 45.5 Å². The molecular weight excluding hydrogens is 312 g/mol. The molecule has 0 atom stereocenters. The molecule has 4 nitrogen and oxygen atoms in total. The molecular formula is C21H24N2O2. The van der Waals surface area contributed by atoms with Crippen LogP contribution < -0.4 is 4.90 Å². The number of nitrogens with zero attached hydrogens (tertiary/aromatic N) is 2. The standard InChI is InChI=1S/C21H24N2O2/c1-22(2)19-14-8-5-11-16(19)10-4-3-9-15-23-20(24)17-12-6-7-13-18(17)21(23)25/h5-8,11-14H,3-4,9-10,15H2,1-2H3. The molecule has 2 aromatic rings. The van der Waals surface area contributed by atoms with E-state index in [4.69, 9.17) is 0 Å². The van der Waals surface area contributed by atoms with E-state index in [-0.39, 0.29) is 11.8 Å². The first kappa shape index (κ1) is 17.2. The van der Waals surface area contributed by atoms with E-state index >= 15 is 0 Å². The highest BCUT2D eigenvalue weighted by Crippen LogP contribution is 2.23. The maximum Gasteiger partial charge on any atom is 0.261 e. The number of rotatable bonds is 7. The van der Waals surface area contributed by atoms with Gasteiger partial charge in [-0.25, -0.2) is 0 Å². The van der Waals surface area contributed by atoms with Crippen LogP contribution in [0, 0.1) is 0 Å². The molecule has 2 aromatic carbocycles. The van der Waals surface area contributed by atoms with Crippen LogP contribution in [-0.4, -0.2) is 37.4 Å². The van der Waals surface area contributed by atoms with Crippen molar-refractivity contribution in [2.75, 3.05) is 25.5 Å². The number of hydrogen-bond donors (Lipinski definition) is 0. The lowest BCUT2D eigenvalue weighted by Crippen LogP contribution is -2.30. The zero-order valence-electron chi connectivity index (χ0n) is 14.9. The first-order chi connectivity index (χ1) is 12.1. The van der Waals surface area contributed by atoms with Crippen molar-refractivity contribution in [1.29, 1.82) is 0 Å². The highest BCUT2D eigenvalue weighted by Gasteiger charge is 2.34. The van der Waals surface area contributed by atoms with Crippen LogP contribution in [0.2, 0.25) is 0 Å². The Kier molecular flexibility index (Phi) is 5.17. The third-order valence-electron chi connectivity index (χ3n) is 4.68. The average molecular weight is 336 g/mol. The average Bonchev–Trinajstić information content (AvgIpc) is 2.87. The second-order valence-corrected chi connectivity index (χ2v) is 6.64. The predicted molar refractivity (Wildman–Crippen MR) is 100 cm³/mol. The third kappa shape index (κ3) is 3.58. The molecule has 0 radical (unpaired) electrons. The van der Waals surface area contributed by atoms with E-state index < -0.39 is 0 Å². The number of imide groups is 1. The molecule has 3 rings (SSSR count). The van der Waals surface area contributed by atoms with Crippen molar-refractivity contribution in [2.45, 2.75) is 25.7 Å². The fourth-order valence-electron chi connectivity index (χ4n) is 3.36. The molecule has 0 saturated carbocycles. The topological polar surface area (TPSA) is 40.6 Å². The molecule has 0 fully saturated rings. The Hall–Kier alpha value is -2.62. The monoisotopic (exact) mass is 336 g/mol. The molecule has 1 heterocycles. The summed E-state index contributed by atoms with van der Waals surface area (Å²) in [7, 11) is 4.11. The fourth-order valence-corrected chi connectivity index (χ4v) is 3.36. The third-order valence-corrected chi connectivity index (χ3v) is 4.68. The van der Waals surface area contributed by atoms with Gasteiger partial charge in [0.1, 0.15) is 0 Å². The van der Waals surface area contributed by atoms with Crippen molar-refractivity contribution in [3.05, 3.63) is 65.2 Å². The van der Waals surface area contributed by atoms with Crippen molar-refractivity contribution >= 4 is 17.5 Å². The summed E-state index contributed by atoms with van der Waals surface area (Å²) in [5.74, 6) is -0.308. The van der Waals surface area contributed by atoms with Gasteiger partial charge in [-0.2, -0.15) is 0 Å². The molecule has 0 aromatic heterocycles. The molecule has 4 heteroatoms. The van der Waals surface area contributed by atoms with Gasteiger partial charge in [-0.15, -0.1) is 0 Å². The van der Waals surface area contributed by atoms with E-state index in [1.165, 1.54) is 16.2 Å². The number of fused-ring (bicyclic) bond motifs is 1. The van der Waals surface area contributed by atoms with Crippen molar-refractivity contribution < 1.29 is 9.59 Å². The Morgan fingerprint density at radius 2 is 1.40 bits per heavy atom. The molecule has 0 unspecified atom stereocenters. The Morgan fingerprint density at radius 3 is 2.04 bits per heavy atom. The maximum absolute atomic E-state index is 12.3. The van der Waals surface area contributed by atoms with Gasteiger partial charge in [-0.1, -0.05) is 36.8 Å². The van der Waals surface area contributed by atoms with E-state index in [9.17, 15) is 9.59 Å². The summed E-state index contributed by atoms with van der Waals surface area (Å²) in [4.78, 5) is 28.1. The lowest BCUT2D eigenvalue weighted by Gasteiger charge is -2.17. The van der Waals surface area contributed by atoms with Crippen molar-refractivity contribution in [2.24, 2.45) is 0 Å². The summed E-state index contributed by atoms with van der Waals surface area (Å²) < 4.78 is 0. The van der Waals surface area contributed by atoms with Crippen LogP contribution in [0.3, 0.4) is 0 Å². The van der Waals surface area contributed by atoms with Gasteiger partial charge in [0.25, 0.3) is 11.8 Å². The fraction of sp³-hybridized carbons (Fsp3) is 0.333. The lowest BCUT2D eigenvalue weighted by atomic mass is 10.0. The predicted octanol–water partition coefficient (Wildman–Crippen LogP) is 3.76. The zero-order chi connectivity index (χ0) is 17.8. The minimum atomic E-state index is -0.154. The highest BCUT2D eigenvalue weighted by atomic mass is 16.2. The van der Waals surface area contributed by atoms with Gasteiger partial charge in [-0.3, -0.25) is 14.5 Å². The highest BCUT2D eigenvalue weighted by molar-refractivity contribution is 6.21. The lowest BCUT2D eigenvalue weighted by molar-refractivity contribution is 0.0651. The number of unbranched alkanes of at least 4 members (excludes halogenated alkanes) is 2. The zero-order valence-corrected chi connectivity index (χ0v) is 14.9. The largest absolute Gasteiger partial charge is 0.377 e. The van der Waals surface area contributed by atoms with Crippen LogP contribution >= 0.6 is 0 Å². The van der Waals surface area contributed by atoms with E-state index in [1.54, 1.807) is 24.3 Å². The molecule has 1 aliphatic heterocycles. The minimum absolute atomic E-state index is 0.154. The quantitative estimate of drug-likeness (QED) is 0.571. The van der Waals surface area contributed by atoms with Crippen LogP contribution in [0.5, 0.6) is 0 Å². The Morgan fingerprint density at radius 1 is 0.800 bits per heavy atom. The molecule has 2 amide bonds. The van der Waals surface area contributed by atoms with Crippen LogP contribution in [0.15, 0.2) is 48.5 Å². The van der Waals surface area contributed by atoms with Gasteiger partial charge >= 0.3 is 0 Å². The molecule has 1 aliphatic rings. The van der Waals surface area contributed by atoms with Gasteiger partial charge in [0.05, 0.1) is 11.1 Å². The summed E-state index contributed by atoms with van der Waals surface area (Å²) in [5, 5.41) is 0. The van der Waals surface area contributed by atoms with E-state index in [1.807, 2.05) is 0 Å². The van der Waals surface area contributed by atoms with Crippen molar-refractivity contribution in [3.8, 4) is 0 Å². The maximum atomic E-state index is 12.3. The smallest absolute Gasteiger partial charge is 0.261 e. The number of carbonyl (C=O) groups excluding carboxylic acids is 2. The number of hydrogen-bond acceptors (Lipinski definition) is 3. The van der Waals surface area contributed by atoms with Gasteiger partial charge < -0.3 is 4.90 Å². The Balaban J connectivity index is 1.49. The van der Waals surface area contributed by atoms with Gasteiger partial charge in [0.2, 0.25) is 0 Å². The van der Waals surface area contributed by atoms with E-state index in [0.717, 1.165) is 25.7 Å². The normalized spacial score (nSPS) is 13.3. The molecule has 0 saturated heterocycles. The molecule has 130 valence electrons. The first-order valence-corrected chi connectivity index (χ1v) is 8.80. The van der Waals surface area contributed by atoms with Crippen LogP contribution in [-0.2, 0) is 6.42 Å². The van der Waals surface area contributed by atoms with Gasteiger partial charge in [0.15, 0.2) is 0 Å². The van der Waals surface area contributed by atoms with Crippen molar-refractivity contribution in [3.63, 3.8) is 0 Å². The van der Waals surface area contributed by atoms with E-state index in [0.29, 0.717) is 17.7 Å². The van der Waals surface area contributed by atoms with Gasteiger partial charge in [0, 0.05) is 26.3 Å². The molecule has 0 bridgehead atoms. The number of amides is 2. The number of para-hydroxylation sites is 1. The van der Waals surface area contributed by atoms with E-state index in [2.05, 4.69) is 43.3 Å². The molecule has 0 N–H and O–H groups in total. The number of carbonyl (C=O) groups is 2. The molecule has 0 spiro atoms. The first-order valence-electron chi connectivity index (χ1n) is 8.80. The summed E-state index contributed by atoms with van der Waals surface area (Å²) in [6.45, 7) is 0.502. The Labute approximate surface area is 149 Å². The Bertz CT molecular complexity index is 748. The summed E-state index contributed by atoms with van der Waals surface area (Å²) in [6, 6.07) is 15.5. The number of anilines is 1.